The van der Waals surface area contributed by atoms with Gasteiger partial charge in [0.2, 0.25) is 0 Å². The molecular weight excluding hydrogens is 228 g/mol. The Morgan fingerprint density at radius 2 is 2.08 bits per heavy atom. The van der Waals surface area contributed by atoms with E-state index in [1.54, 1.807) is 0 Å². The molecule has 0 heterocycles. The molecule has 0 saturated carbocycles. The molecule has 0 aliphatic rings. The summed E-state index contributed by atoms with van der Waals surface area (Å²) in [6.07, 6.45) is 1.03. The van der Waals surface area contributed by atoms with Crippen LogP contribution in [0.1, 0.15) is 12.0 Å². The van der Waals surface area contributed by atoms with Crippen LogP contribution in [0.15, 0.2) is 28.7 Å². The molecule has 2 nitrogen and oxygen atoms in total. The van der Waals surface area contributed by atoms with E-state index in [9.17, 15) is 0 Å². The molecule has 0 aliphatic heterocycles. The topological polar surface area (TPSA) is 38.0 Å². The second-order valence-electron chi connectivity index (χ2n) is 2.91. The van der Waals surface area contributed by atoms with Crippen molar-refractivity contribution in [3.63, 3.8) is 0 Å². The van der Waals surface area contributed by atoms with Gasteiger partial charge in [-0.2, -0.15) is 0 Å². The van der Waals surface area contributed by atoms with Gasteiger partial charge in [0.25, 0.3) is 0 Å². The lowest BCUT2D eigenvalue weighted by atomic mass is 10.2. The van der Waals surface area contributed by atoms with Crippen LogP contribution in [0.3, 0.4) is 0 Å². The van der Waals surface area contributed by atoms with E-state index in [4.69, 9.17) is 5.73 Å². The van der Waals surface area contributed by atoms with Crippen LogP contribution in [0.4, 0.5) is 0 Å². The molecule has 1 aromatic rings. The van der Waals surface area contributed by atoms with Crippen molar-refractivity contribution >= 4 is 15.9 Å². The normalized spacial score (nSPS) is 10.3. The third kappa shape index (κ3) is 3.89. The van der Waals surface area contributed by atoms with E-state index in [1.807, 2.05) is 12.1 Å². The van der Waals surface area contributed by atoms with E-state index in [0.29, 0.717) is 0 Å². The summed E-state index contributed by atoms with van der Waals surface area (Å²) in [4.78, 5) is 0. The van der Waals surface area contributed by atoms with Crippen molar-refractivity contribution in [3.05, 3.63) is 34.3 Å². The lowest BCUT2D eigenvalue weighted by Gasteiger charge is -2.05. The first-order valence-electron chi connectivity index (χ1n) is 4.49. The van der Waals surface area contributed by atoms with Gasteiger partial charge in [-0.15, -0.1) is 0 Å². The fraction of sp³-hybridized carbons (Fsp3) is 0.400. The molecule has 3 N–H and O–H groups in total. The van der Waals surface area contributed by atoms with Crippen LogP contribution in [-0.2, 0) is 6.54 Å². The number of nitrogens with two attached hydrogens (primary N) is 1. The minimum atomic E-state index is 0.753. The number of benzene rings is 1. The largest absolute Gasteiger partial charge is 0.330 e. The number of hydrogen-bond donors (Lipinski definition) is 2. The van der Waals surface area contributed by atoms with E-state index < -0.39 is 0 Å². The molecule has 3 heteroatoms. The maximum absolute atomic E-state index is 5.39. The summed E-state index contributed by atoms with van der Waals surface area (Å²) in [6.45, 7) is 2.64. The average molecular weight is 243 g/mol. The van der Waals surface area contributed by atoms with E-state index in [1.165, 1.54) is 5.56 Å². The number of halogens is 1. The van der Waals surface area contributed by atoms with Gasteiger partial charge in [-0.3, -0.25) is 0 Å². The van der Waals surface area contributed by atoms with Gasteiger partial charge in [0.05, 0.1) is 0 Å². The average Bonchev–Trinajstić information content (AvgIpc) is 2.15. The van der Waals surface area contributed by atoms with Crippen molar-refractivity contribution in [2.75, 3.05) is 13.1 Å². The maximum Gasteiger partial charge on any atom is 0.0220 e. The molecule has 0 atom stereocenters. The molecule has 0 fully saturated rings. The Hall–Kier alpha value is -0.380. The number of rotatable bonds is 5. The lowest BCUT2D eigenvalue weighted by molar-refractivity contribution is 0.654. The Bertz CT molecular complexity index is 250. The standard InChI is InChI=1S/C10H15BrN2/c11-10-5-2-1-4-9(10)8-13-7-3-6-12/h1-2,4-5,13H,3,6-8,12H2. The van der Waals surface area contributed by atoms with Crippen molar-refractivity contribution < 1.29 is 0 Å². The van der Waals surface area contributed by atoms with Crippen molar-refractivity contribution in [2.24, 2.45) is 5.73 Å². The molecule has 0 unspecified atom stereocenters. The molecule has 0 spiro atoms. The van der Waals surface area contributed by atoms with E-state index in [2.05, 4.69) is 33.4 Å². The van der Waals surface area contributed by atoms with Gasteiger partial charge in [-0.25, -0.2) is 0 Å². The zero-order chi connectivity index (χ0) is 9.52. The molecule has 0 bridgehead atoms. The first-order valence-corrected chi connectivity index (χ1v) is 5.28. The van der Waals surface area contributed by atoms with Crippen molar-refractivity contribution in [2.45, 2.75) is 13.0 Å². The highest BCUT2D eigenvalue weighted by Crippen LogP contribution is 2.14. The SMILES string of the molecule is NCCCNCc1ccccc1Br. The van der Waals surface area contributed by atoms with Crippen LogP contribution in [0.5, 0.6) is 0 Å². The molecule has 0 amide bonds. The van der Waals surface area contributed by atoms with Crippen molar-refractivity contribution in [3.8, 4) is 0 Å². The molecule has 72 valence electrons. The molecule has 1 aromatic carbocycles. The van der Waals surface area contributed by atoms with E-state index >= 15 is 0 Å². The smallest absolute Gasteiger partial charge is 0.0220 e. The third-order valence-corrected chi connectivity index (χ3v) is 2.60. The van der Waals surface area contributed by atoms with Crippen LogP contribution in [0.25, 0.3) is 0 Å². The molecule has 1 rings (SSSR count). The predicted octanol–water partition coefficient (Wildman–Crippen LogP) is 1.89. The van der Waals surface area contributed by atoms with Gasteiger partial charge >= 0.3 is 0 Å². The Balaban J connectivity index is 2.32. The Labute approximate surface area is 87.6 Å². The van der Waals surface area contributed by atoms with Crippen LogP contribution in [0.2, 0.25) is 0 Å². The molecule has 0 aromatic heterocycles. The Morgan fingerprint density at radius 1 is 1.31 bits per heavy atom. The molecule has 13 heavy (non-hydrogen) atoms. The van der Waals surface area contributed by atoms with Crippen molar-refractivity contribution in [1.29, 1.82) is 0 Å². The van der Waals surface area contributed by atoms with E-state index in [0.717, 1.165) is 30.5 Å². The second kappa shape index (κ2) is 6.13. The highest BCUT2D eigenvalue weighted by atomic mass is 79.9. The van der Waals surface area contributed by atoms with Crippen molar-refractivity contribution in [1.82, 2.24) is 5.32 Å². The maximum atomic E-state index is 5.39. The van der Waals surface area contributed by atoms with Gasteiger partial charge in [0.1, 0.15) is 0 Å². The molecule has 0 saturated heterocycles. The first kappa shape index (κ1) is 10.7. The minimum Gasteiger partial charge on any atom is -0.330 e. The quantitative estimate of drug-likeness (QED) is 0.775. The highest BCUT2D eigenvalue weighted by Gasteiger charge is 1.96. The predicted molar refractivity (Wildman–Crippen MR) is 59.5 cm³/mol. The lowest BCUT2D eigenvalue weighted by Crippen LogP contribution is -2.17. The van der Waals surface area contributed by atoms with E-state index in [-0.39, 0.29) is 0 Å². The second-order valence-corrected chi connectivity index (χ2v) is 3.76. The van der Waals surface area contributed by atoms with Crippen LogP contribution in [0, 0.1) is 0 Å². The van der Waals surface area contributed by atoms with Crippen LogP contribution < -0.4 is 11.1 Å². The third-order valence-electron chi connectivity index (χ3n) is 1.83. The number of nitrogens with one attached hydrogen (secondary N) is 1. The van der Waals surface area contributed by atoms with Crippen LogP contribution >= 0.6 is 15.9 Å². The molecule has 0 aliphatic carbocycles. The number of hydrogen-bond acceptors (Lipinski definition) is 2. The van der Waals surface area contributed by atoms with Gasteiger partial charge in [-0.1, -0.05) is 34.1 Å². The van der Waals surface area contributed by atoms with Gasteiger partial charge in [0.15, 0.2) is 0 Å². The summed E-state index contributed by atoms with van der Waals surface area (Å²) in [6, 6.07) is 8.23. The first-order chi connectivity index (χ1) is 6.34. The highest BCUT2D eigenvalue weighted by molar-refractivity contribution is 9.10. The van der Waals surface area contributed by atoms with Gasteiger partial charge < -0.3 is 11.1 Å². The fourth-order valence-electron chi connectivity index (χ4n) is 1.09. The summed E-state index contributed by atoms with van der Waals surface area (Å²) >= 11 is 3.50. The van der Waals surface area contributed by atoms with Gasteiger partial charge in [0, 0.05) is 11.0 Å². The Kier molecular flexibility index (Phi) is 5.05. The van der Waals surface area contributed by atoms with Crippen LogP contribution in [-0.4, -0.2) is 13.1 Å². The monoisotopic (exact) mass is 242 g/mol. The summed E-state index contributed by atoms with van der Waals surface area (Å²) in [5, 5.41) is 3.33. The minimum absolute atomic E-state index is 0.753. The zero-order valence-corrected chi connectivity index (χ0v) is 9.18. The zero-order valence-electron chi connectivity index (χ0n) is 7.59. The fourth-order valence-corrected chi connectivity index (χ4v) is 1.52. The molecular formula is C10H15BrN2. The van der Waals surface area contributed by atoms with Gasteiger partial charge in [-0.05, 0) is 31.1 Å². The Morgan fingerprint density at radius 3 is 2.77 bits per heavy atom. The molecule has 0 radical (unpaired) electrons. The summed E-state index contributed by atoms with van der Waals surface area (Å²) in [5.41, 5.74) is 6.68. The summed E-state index contributed by atoms with van der Waals surface area (Å²) < 4.78 is 1.16. The summed E-state index contributed by atoms with van der Waals surface area (Å²) in [5.74, 6) is 0. The summed E-state index contributed by atoms with van der Waals surface area (Å²) in [7, 11) is 0.